The van der Waals surface area contributed by atoms with E-state index in [0.717, 1.165) is 25.4 Å². The molecule has 0 aromatic carbocycles. The molecule has 0 heterocycles. The van der Waals surface area contributed by atoms with E-state index in [2.05, 4.69) is 31.4 Å². The summed E-state index contributed by atoms with van der Waals surface area (Å²) in [6, 6.07) is 0.511. The third kappa shape index (κ3) is 6.06. The second-order valence-corrected chi connectivity index (χ2v) is 5.68. The number of nitrogens with one attached hydrogen (secondary N) is 2. The molecule has 3 nitrogen and oxygen atoms in total. The van der Waals surface area contributed by atoms with Crippen LogP contribution in [0.15, 0.2) is 0 Å². The monoisotopic (exact) mass is 240 g/mol. The lowest BCUT2D eigenvalue weighted by Crippen LogP contribution is -2.31. The van der Waals surface area contributed by atoms with E-state index in [0.29, 0.717) is 18.4 Å². The summed E-state index contributed by atoms with van der Waals surface area (Å²) in [6.45, 7) is 8.38. The number of rotatable bonds is 7. The first kappa shape index (κ1) is 14.5. The molecule has 3 heteroatoms. The zero-order chi connectivity index (χ0) is 12.7. The third-order valence-corrected chi connectivity index (χ3v) is 3.73. The lowest BCUT2D eigenvalue weighted by molar-refractivity contribution is -0.121. The molecular weight excluding hydrogens is 212 g/mol. The van der Waals surface area contributed by atoms with Crippen LogP contribution >= 0.6 is 0 Å². The minimum Gasteiger partial charge on any atom is -0.356 e. The van der Waals surface area contributed by atoms with Gasteiger partial charge in [-0.3, -0.25) is 4.79 Å². The van der Waals surface area contributed by atoms with Gasteiger partial charge in [0.1, 0.15) is 0 Å². The van der Waals surface area contributed by atoms with E-state index < -0.39 is 0 Å². The first-order chi connectivity index (χ1) is 8.09. The van der Waals surface area contributed by atoms with Crippen LogP contribution in [0.5, 0.6) is 0 Å². The molecule has 17 heavy (non-hydrogen) atoms. The average Bonchev–Trinajstić information content (AvgIpc) is 2.67. The Morgan fingerprint density at radius 2 is 2.12 bits per heavy atom. The molecule has 1 aliphatic rings. The maximum atomic E-state index is 11.6. The summed E-state index contributed by atoms with van der Waals surface area (Å²) in [5.41, 5.74) is 0. The van der Waals surface area contributed by atoms with Crippen LogP contribution in [0, 0.1) is 11.8 Å². The van der Waals surface area contributed by atoms with Crippen molar-refractivity contribution < 1.29 is 4.79 Å². The molecule has 2 atom stereocenters. The summed E-state index contributed by atoms with van der Waals surface area (Å²) >= 11 is 0. The number of amides is 1. The van der Waals surface area contributed by atoms with E-state index in [-0.39, 0.29) is 5.91 Å². The maximum Gasteiger partial charge on any atom is 0.220 e. The van der Waals surface area contributed by atoms with Crippen LogP contribution in [0.2, 0.25) is 0 Å². The van der Waals surface area contributed by atoms with Gasteiger partial charge in [-0.1, -0.05) is 33.6 Å². The van der Waals surface area contributed by atoms with Crippen molar-refractivity contribution >= 4 is 5.91 Å². The average molecular weight is 240 g/mol. The van der Waals surface area contributed by atoms with Crippen molar-refractivity contribution in [1.82, 2.24) is 10.6 Å². The van der Waals surface area contributed by atoms with Crippen LogP contribution in [-0.4, -0.2) is 25.0 Å². The molecule has 1 amide bonds. The Bertz CT molecular complexity index is 228. The van der Waals surface area contributed by atoms with Gasteiger partial charge in [-0.25, -0.2) is 0 Å². The van der Waals surface area contributed by atoms with E-state index in [1.165, 1.54) is 19.3 Å². The highest BCUT2D eigenvalue weighted by Crippen LogP contribution is 2.30. The molecule has 1 aliphatic carbocycles. The highest BCUT2D eigenvalue weighted by molar-refractivity contribution is 5.75. The normalized spacial score (nSPS) is 24.2. The van der Waals surface area contributed by atoms with Crippen molar-refractivity contribution in [3.05, 3.63) is 0 Å². The Labute approximate surface area is 106 Å². The van der Waals surface area contributed by atoms with E-state index in [9.17, 15) is 4.79 Å². The molecule has 0 bridgehead atoms. The molecule has 2 unspecified atom stereocenters. The smallest absolute Gasteiger partial charge is 0.220 e. The Hall–Kier alpha value is -0.570. The number of hydrogen-bond donors (Lipinski definition) is 2. The lowest BCUT2D eigenvalue weighted by Gasteiger charge is -2.16. The van der Waals surface area contributed by atoms with E-state index in [4.69, 9.17) is 0 Å². The van der Waals surface area contributed by atoms with Crippen LogP contribution in [-0.2, 0) is 4.79 Å². The fourth-order valence-corrected chi connectivity index (χ4v) is 2.50. The van der Waals surface area contributed by atoms with Crippen molar-refractivity contribution in [2.45, 2.75) is 58.9 Å². The molecule has 1 rings (SSSR count). The van der Waals surface area contributed by atoms with Crippen molar-refractivity contribution in [2.24, 2.45) is 11.8 Å². The zero-order valence-corrected chi connectivity index (χ0v) is 11.6. The summed E-state index contributed by atoms with van der Waals surface area (Å²) in [7, 11) is 0. The summed E-state index contributed by atoms with van der Waals surface area (Å²) in [6.07, 6.45) is 5.54. The van der Waals surface area contributed by atoms with E-state index in [1.54, 1.807) is 0 Å². The van der Waals surface area contributed by atoms with Crippen molar-refractivity contribution in [3.8, 4) is 0 Å². The van der Waals surface area contributed by atoms with Gasteiger partial charge >= 0.3 is 0 Å². The van der Waals surface area contributed by atoms with Crippen molar-refractivity contribution in [2.75, 3.05) is 13.1 Å². The molecule has 2 N–H and O–H groups in total. The summed E-state index contributed by atoms with van der Waals surface area (Å²) in [5.74, 6) is 1.72. The van der Waals surface area contributed by atoms with Crippen LogP contribution in [0.1, 0.15) is 52.9 Å². The molecule has 0 aromatic heterocycles. The fourth-order valence-electron chi connectivity index (χ4n) is 2.50. The van der Waals surface area contributed by atoms with Gasteiger partial charge in [0.15, 0.2) is 0 Å². The Morgan fingerprint density at radius 1 is 1.35 bits per heavy atom. The molecule has 0 saturated heterocycles. The third-order valence-electron chi connectivity index (χ3n) is 3.73. The molecule has 0 aromatic rings. The second kappa shape index (κ2) is 7.70. The first-order valence-corrected chi connectivity index (χ1v) is 7.09. The van der Waals surface area contributed by atoms with E-state index >= 15 is 0 Å². The Morgan fingerprint density at radius 3 is 2.71 bits per heavy atom. The van der Waals surface area contributed by atoms with Gasteiger partial charge in [0.25, 0.3) is 0 Å². The first-order valence-electron chi connectivity index (χ1n) is 7.09. The number of carbonyl (C=O) groups is 1. The molecule has 0 radical (unpaired) electrons. The zero-order valence-electron chi connectivity index (χ0n) is 11.6. The predicted molar refractivity (Wildman–Crippen MR) is 71.9 cm³/mol. The molecular formula is C14H28N2O. The topological polar surface area (TPSA) is 41.1 Å². The number of carbonyl (C=O) groups excluding carboxylic acids is 1. The minimum atomic E-state index is 0.217. The standard InChI is InChI=1S/C14H28N2O/c1-11(2)15-9-5-8-14(17)16-10-13-7-4-6-12(13)3/h11-13,15H,4-10H2,1-3H3,(H,16,17). The molecule has 100 valence electrons. The van der Waals surface area contributed by atoms with Crippen LogP contribution < -0.4 is 10.6 Å². The maximum absolute atomic E-state index is 11.6. The quantitative estimate of drug-likeness (QED) is 0.671. The van der Waals surface area contributed by atoms with Gasteiger partial charge in [-0.05, 0) is 31.2 Å². The van der Waals surface area contributed by atoms with Crippen molar-refractivity contribution in [1.29, 1.82) is 0 Å². The van der Waals surface area contributed by atoms with E-state index in [1.807, 2.05) is 0 Å². The van der Waals surface area contributed by atoms with Crippen LogP contribution in [0.25, 0.3) is 0 Å². The lowest BCUT2D eigenvalue weighted by atomic mass is 9.98. The predicted octanol–water partition coefficient (Wildman–Crippen LogP) is 2.32. The SMILES string of the molecule is CC(C)NCCCC(=O)NCC1CCCC1C. The molecule has 0 spiro atoms. The van der Waals surface area contributed by atoms with Gasteiger partial charge in [0, 0.05) is 19.0 Å². The minimum absolute atomic E-state index is 0.217. The largest absolute Gasteiger partial charge is 0.356 e. The van der Waals surface area contributed by atoms with Crippen LogP contribution in [0.4, 0.5) is 0 Å². The Kier molecular flexibility index (Phi) is 6.56. The number of hydrogen-bond acceptors (Lipinski definition) is 2. The second-order valence-electron chi connectivity index (χ2n) is 5.68. The van der Waals surface area contributed by atoms with Gasteiger partial charge in [-0.2, -0.15) is 0 Å². The molecule has 0 aliphatic heterocycles. The van der Waals surface area contributed by atoms with Crippen molar-refractivity contribution in [3.63, 3.8) is 0 Å². The fraction of sp³-hybridized carbons (Fsp3) is 0.929. The molecule has 1 saturated carbocycles. The summed E-state index contributed by atoms with van der Waals surface area (Å²) < 4.78 is 0. The van der Waals surface area contributed by atoms with Gasteiger partial charge < -0.3 is 10.6 Å². The summed E-state index contributed by atoms with van der Waals surface area (Å²) in [5, 5.41) is 6.40. The van der Waals surface area contributed by atoms with Gasteiger partial charge in [0.2, 0.25) is 5.91 Å². The highest BCUT2D eigenvalue weighted by atomic mass is 16.1. The summed E-state index contributed by atoms with van der Waals surface area (Å²) in [4.78, 5) is 11.6. The van der Waals surface area contributed by atoms with Gasteiger partial charge in [-0.15, -0.1) is 0 Å². The van der Waals surface area contributed by atoms with Crippen LogP contribution in [0.3, 0.4) is 0 Å². The molecule has 1 fully saturated rings. The highest BCUT2D eigenvalue weighted by Gasteiger charge is 2.23. The van der Waals surface area contributed by atoms with Gasteiger partial charge in [0.05, 0.1) is 0 Å². The Balaban J connectivity index is 2.01.